The Labute approximate surface area is 143 Å². The summed E-state index contributed by atoms with van der Waals surface area (Å²) in [6, 6.07) is 8.67. The van der Waals surface area contributed by atoms with Gasteiger partial charge in [-0.15, -0.1) is 5.10 Å². The molecule has 1 fully saturated rings. The second-order valence-electron chi connectivity index (χ2n) is 5.92. The van der Waals surface area contributed by atoms with Gasteiger partial charge in [0.05, 0.1) is 13.3 Å². The van der Waals surface area contributed by atoms with Gasteiger partial charge in [-0.05, 0) is 30.2 Å². The number of alkyl halides is 3. The number of ether oxygens (including phenoxy) is 1. The van der Waals surface area contributed by atoms with Gasteiger partial charge in [-0.25, -0.2) is 0 Å². The highest BCUT2D eigenvalue weighted by Crippen LogP contribution is 2.35. The Morgan fingerprint density at radius 3 is 2.92 bits per heavy atom. The minimum atomic E-state index is -4.45. The van der Waals surface area contributed by atoms with Crippen molar-refractivity contribution in [3.8, 4) is 5.75 Å². The second kappa shape index (κ2) is 7.26. The highest BCUT2D eigenvalue weighted by Gasteiger charge is 2.37. The molecule has 1 saturated heterocycles. The average molecular weight is 352 g/mol. The van der Waals surface area contributed by atoms with Crippen LogP contribution in [0.2, 0.25) is 0 Å². The van der Waals surface area contributed by atoms with Crippen molar-refractivity contribution in [3.05, 3.63) is 47.7 Å². The van der Waals surface area contributed by atoms with Crippen LogP contribution in [0.15, 0.2) is 36.5 Å². The van der Waals surface area contributed by atoms with Gasteiger partial charge in [-0.2, -0.15) is 18.3 Å². The maximum Gasteiger partial charge on any atom is 0.420 e. The molecule has 1 atom stereocenters. The summed E-state index contributed by atoms with van der Waals surface area (Å²) < 4.78 is 44.8. The molecule has 8 heteroatoms. The Morgan fingerprint density at radius 1 is 1.32 bits per heavy atom. The molecule has 0 amide bonds. The number of hydrogen-bond donors (Lipinski definition) is 1. The standard InChI is InChI=1S/C17H19F3N4O/c1-25-14-4-2-3-12(10-14)9-13-11-24(8-7-21-13)16-15(17(18,19)20)5-6-22-23-16/h2-6,10,13,21H,7-9,11H2,1H3. The van der Waals surface area contributed by atoms with Crippen LogP contribution in [0.4, 0.5) is 19.0 Å². The van der Waals surface area contributed by atoms with Crippen molar-refractivity contribution in [3.63, 3.8) is 0 Å². The highest BCUT2D eigenvalue weighted by molar-refractivity contribution is 5.48. The molecule has 134 valence electrons. The van der Waals surface area contributed by atoms with Gasteiger partial charge in [-0.1, -0.05) is 12.1 Å². The number of aromatic nitrogens is 2. The van der Waals surface area contributed by atoms with E-state index in [1.54, 1.807) is 12.0 Å². The molecule has 5 nitrogen and oxygen atoms in total. The normalized spacial score (nSPS) is 18.2. The minimum Gasteiger partial charge on any atom is -0.497 e. The van der Waals surface area contributed by atoms with Crippen molar-refractivity contribution >= 4 is 5.82 Å². The van der Waals surface area contributed by atoms with Crippen LogP contribution in [0.5, 0.6) is 5.75 Å². The predicted octanol–water partition coefficient (Wildman–Crippen LogP) is 2.52. The van der Waals surface area contributed by atoms with Crippen LogP contribution < -0.4 is 15.0 Å². The number of nitrogens with zero attached hydrogens (tertiary/aromatic N) is 3. The zero-order valence-corrected chi connectivity index (χ0v) is 13.8. The molecule has 3 rings (SSSR count). The molecule has 0 radical (unpaired) electrons. The van der Waals surface area contributed by atoms with Crippen molar-refractivity contribution in [2.24, 2.45) is 0 Å². The molecule has 1 aromatic carbocycles. The van der Waals surface area contributed by atoms with Gasteiger partial charge < -0.3 is 15.0 Å². The topological polar surface area (TPSA) is 50.3 Å². The SMILES string of the molecule is COc1cccc(CC2CN(c3nnccc3C(F)(F)F)CCN2)c1. The van der Waals surface area contributed by atoms with Crippen LogP contribution >= 0.6 is 0 Å². The summed E-state index contributed by atoms with van der Waals surface area (Å²) in [4.78, 5) is 1.65. The van der Waals surface area contributed by atoms with Crippen molar-refractivity contribution in [2.75, 3.05) is 31.6 Å². The quantitative estimate of drug-likeness (QED) is 0.916. The van der Waals surface area contributed by atoms with E-state index in [4.69, 9.17) is 4.74 Å². The van der Waals surface area contributed by atoms with Gasteiger partial charge in [0, 0.05) is 25.7 Å². The zero-order chi connectivity index (χ0) is 17.9. The fraction of sp³-hybridized carbons (Fsp3) is 0.412. The van der Waals surface area contributed by atoms with E-state index in [0.29, 0.717) is 26.1 Å². The molecule has 2 heterocycles. The predicted molar refractivity (Wildman–Crippen MR) is 87.7 cm³/mol. The number of methoxy groups -OCH3 is 1. The number of piperazine rings is 1. The summed E-state index contributed by atoms with van der Waals surface area (Å²) in [5.74, 6) is 0.658. The lowest BCUT2D eigenvalue weighted by Gasteiger charge is -2.35. The maximum absolute atomic E-state index is 13.2. The van der Waals surface area contributed by atoms with Crippen LogP contribution in [0.25, 0.3) is 0 Å². The third-order valence-corrected chi connectivity index (χ3v) is 4.18. The molecule has 0 bridgehead atoms. The van der Waals surface area contributed by atoms with Crippen molar-refractivity contribution in [1.82, 2.24) is 15.5 Å². The summed E-state index contributed by atoms with van der Waals surface area (Å²) in [5, 5.41) is 10.7. The van der Waals surface area contributed by atoms with Gasteiger partial charge in [0.2, 0.25) is 0 Å². The zero-order valence-electron chi connectivity index (χ0n) is 13.8. The van der Waals surface area contributed by atoms with Crippen molar-refractivity contribution < 1.29 is 17.9 Å². The Balaban J connectivity index is 1.76. The van der Waals surface area contributed by atoms with E-state index >= 15 is 0 Å². The average Bonchev–Trinajstić information content (AvgIpc) is 2.61. The van der Waals surface area contributed by atoms with Gasteiger partial charge in [0.1, 0.15) is 11.3 Å². The van der Waals surface area contributed by atoms with Crippen LogP contribution in [0, 0.1) is 0 Å². The Morgan fingerprint density at radius 2 is 2.16 bits per heavy atom. The first kappa shape index (κ1) is 17.5. The molecule has 1 aliphatic rings. The second-order valence-corrected chi connectivity index (χ2v) is 5.92. The number of benzene rings is 1. The molecule has 1 aromatic heterocycles. The molecule has 25 heavy (non-hydrogen) atoms. The van der Waals surface area contributed by atoms with E-state index in [2.05, 4.69) is 15.5 Å². The van der Waals surface area contributed by atoms with Gasteiger partial charge in [0.15, 0.2) is 5.82 Å². The largest absolute Gasteiger partial charge is 0.497 e. The first-order valence-corrected chi connectivity index (χ1v) is 7.97. The van der Waals surface area contributed by atoms with E-state index in [1.807, 2.05) is 24.3 Å². The Hall–Kier alpha value is -2.35. The number of anilines is 1. The van der Waals surface area contributed by atoms with E-state index in [-0.39, 0.29) is 11.9 Å². The van der Waals surface area contributed by atoms with Gasteiger partial charge in [0.25, 0.3) is 0 Å². The number of halogens is 3. The molecule has 0 aliphatic carbocycles. The minimum absolute atomic E-state index is 0.0175. The number of nitrogens with one attached hydrogen (secondary N) is 1. The first-order valence-electron chi connectivity index (χ1n) is 7.97. The highest BCUT2D eigenvalue weighted by atomic mass is 19.4. The monoisotopic (exact) mass is 352 g/mol. The maximum atomic E-state index is 13.2. The van der Waals surface area contributed by atoms with Crippen molar-refractivity contribution in [2.45, 2.75) is 18.6 Å². The van der Waals surface area contributed by atoms with Crippen LogP contribution in [-0.4, -0.2) is 43.0 Å². The molecular formula is C17H19F3N4O. The summed E-state index contributed by atoms with van der Waals surface area (Å²) in [7, 11) is 1.60. The molecule has 1 unspecified atom stereocenters. The van der Waals surface area contributed by atoms with E-state index < -0.39 is 11.7 Å². The van der Waals surface area contributed by atoms with E-state index in [0.717, 1.165) is 23.6 Å². The van der Waals surface area contributed by atoms with Gasteiger partial charge in [-0.3, -0.25) is 0 Å². The lowest BCUT2D eigenvalue weighted by molar-refractivity contribution is -0.137. The summed E-state index contributed by atoms with van der Waals surface area (Å²) >= 11 is 0. The van der Waals surface area contributed by atoms with Crippen LogP contribution in [0.1, 0.15) is 11.1 Å². The molecular weight excluding hydrogens is 333 g/mol. The lowest BCUT2D eigenvalue weighted by Crippen LogP contribution is -2.52. The molecule has 0 saturated carbocycles. The van der Waals surface area contributed by atoms with E-state index in [9.17, 15) is 13.2 Å². The molecule has 1 aliphatic heterocycles. The fourth-order valence-electron chi connectivity index (χ4n) is 3.02. The fourth-order valence-corrected chi connectivity index (χ4v) is 3.02. The van der Waals surface area contributed by atoms with E-state index in [1.165, 1.54) is 0 Å². The third kappa shape index (κ3) is 4.19. The summed E-state index contributed by atoms with van der Waals surface area (Å²) in [6.45, 7) is 1.47. The third-order valence-electron chi connectivity index (χ3n) is 4.18. The van der Waals surface area contributed by atoms with Gasteiger partial charge >= 0.3 is 6.18 Å². The smallest absolute Gasteiger partial charge is 0.420 e. The molecule has 2 aromatic rings. The summed E-state index contributed by atoms with van der Waals surface area (Å²) in [6.07, 6.45) is -2.68. The summed E-state index contributed by atoms with van der Waals surface area (Å²) in [5.41, 5.74) is 0.318. The molecule has 0 spiro atoms. The number of rotatable bonds is 4. The molecule has 1 N–H and O–H groups in total. The van der Waals surface area contributed by atoms with Crippen LogP contribution in [-0.2, 0) is 12.6 Å². The van der Waals surface area contributed by atoms with Crippen molar-refractivity contribution in [1.29, 1.82) is 0 Å². The Bertz CT molecular complexity index is 723. The number of hydrogen-bond acceptors (Lipinski definition) is 5. The Kier molecular flexibility index (Phi) is 5.08. The first-order chi connectivity index (χ1) is 12.0. The lowest BCUT2D eigenvalue weighted by atomic mass is 10.0. The van der Waals surface area contributed by atoms with Crippen LogP contribution in [0.3, 0.4) is 0 Å².